The van der Waals surface area contributed by atoms with Crippen molar-refractivity contribution in [3.05, 3.63) is 59.9 Å². The van der Waals surface area contributed by atoms with Gasteiger partial charge in [0.15, 0.2) is 12.4 Å². The molecule has 4 nitrogen and oxygen atoms in total. The average Bonchev–Trinajstić information content (AvgIpc) is 2.44. The molecule has 0 unspecified atom stereocenters. The second-order valence-electron chi connectivity index (χ2n) is 4.42. The van der Waals surface area contributed by atoms with Gasteiger partial charge in [-0.3, -0.25) is 15.6 Å². The van der Waals surface area contributed by atoms with Gasteiger partial charge < -0.3 is 0 Å². The highest BCUT2D eigenvalue weighted by Gasteiger charge is 2.03. The molecule has 0 aliphatic heterocycles. The summed E-state index contributed by atoms with van der Waals surface area (Å²) in [5, 5.41) is 0. The van der Waals surface area contributed by atoms with E-state index in [0.29, 0.717) is 6.41 Å². The first-order chi connectivity index (χ1) is 9.29. The van der Waals surface area contributed by atoms with Crippen LogP contribution in [0, 0.1) is 0 Å². The van der Waals surface area contributed by atoms with Crippen molar-refractivity contribution in [2.45, 2.75) is 12.8 Å². The number of aromatic nitrogens is 1. The molecule has 0 radical (unpaired) electrons. The van der Waals surface area contributed by atoms with Crippen LogP contribution in [0.4, 0.5) is 5.69 Å². The molecular weight excluding hydrogens is 238 g/mol. The van der Waals surface area contributed by atoms with Gasteiger partial charge in [0.05, 0.1) is 5.69 Å². The molecule has 2 N–H and O–H groups in total. The predicted octanol–water partition coefficient (Wildman–Crippen LogP) is 1.37. The van der Waals surface area contributed by atoms with Crippen LogP contribution >= 0.6 is 0 Å². The Kier molecular flexibility index (Phi) is 4.50. The van der Waals surface area contributed by atoms with Crippen LogP contribution in [0.25, 0.3) is 0 Å². The number of hydrogen-bond acceptors (Lipinski definition) is 2. The van der Waals surface area contributed by atoms with Crippen LogP contribution in [-0.2, 0) is 24.7 Å². The van der Waals surface area contributed by atoms with E-state index in [0.717, 1.165) is 18.5 Å². The van der Waals surface area contributed by atoms with E-state index in [4.69, 9.17) is 0 Å². The third-order valence-corrected chi connectivity index (χ3v) is 2.97. The molecule has 0 aliphatic carbocycles. The number of nitrogens with zero attached hydrogens (tertiary/aromatic N) is 1. The molecule has 2 rings (SSSR count). The van der Waals surface area contributed by atoms with E-state index in [-0.39, 0.29) is 0 Å². The standard InChI is InChI=1S/C15H17N3O/c1-18-10-4-5-13(11-18)8-9-14-6-2-3-7-15(14)17-16-12-19/h2-7,10-12,17H,8-9H2,1H3/p+1. The Morgan fingerprint density at radius 3 is 2.79 bits per heavy atom. The van der Waals surface area contributed by atoms with Crippen LogP contribution in [0.15, 0.2) is 48.8 Å². The molecule has 1 amide bonds. The summed E-state index contributed by atoms with van der Waals surface area (Å²) in [7, 11) is 2.02. The molecule has 4 heteroatoms. The van der Waals surface area contributed by atoms with Crippen molar-refractivity contribution in [2.75, 3.05) is 5.43 Å². The fourth-order valence-corrected chi connectivity index (χ4v) is 2.04. The molecule has 0 spiro atoms. The Labute approximate surface area is 113 Å². The number of carbonyl (C=O) groups is 1. The van der Waals surface area contributed by atoms with Gasteiger partial charge in [-0.15, -0.1) is 0 Å². The molecule has 0 aliphatic rings. The Hall–Kier alpha value is -2.36. The first-order valence-electron chi connectivity index (χ1n) is 6.27. The molecule has 0 atom stereocenters. The first kappa shape index (κ1) is 13.1. The summed E-state index contributed by atoms with van der Waals surface area (Å²) in [6, 6.07) is 12.1. The summed E-state index contributed by atoms with van der Waals surface area (Å²) in [5.41, 5.74) is 8.78. The summed E-state index contributed by atoms with van der Waals surface area (Å²) in [5.74, 6) is 0. The Bertz CT molecular complexity index is 555. The highest BCUT2D eigenvalue weighted by atomic mass is 16.1. The quantitative estimate of drug-likeness (QED) is 0.466. The number of hydrazine groups is 1. The van der Waals surface area contributed by atoms with E-state index in [1.54, 1.807) is 0 Å². The minimum Gasteiger partial charge on any atom is -0.299 e. The highest BCUT2D eigenvalue weighted by molar-refractivity contribution is 5.56. The lowest BCUT2D eigenvalue weighted by molar-refractivity contribution is -0.671. The number of carbonyl (C=O) groups excluding carboxylic acids is 1. The van der Waals surface area contributed by atoms with Gasteiger partial charge in [0.25, 0.3) is 0 Å². The maximum Gasteiger partial charge on any atom is 0.225 e. The highest BCUT2D eigenvalue weighted by Crippen LogP contribution is 2.16. The fourth-order valence-electron chi connectivity index (χ4n) is 2.04. The zero-order chi connectivity index (χ0) is 13.5. The second-order valence-corrected chi connectivity index (χ2v) is 4.42. The smallest absolute Gasteiger partial charge is 0.225 e. The predicted molar refractivity (Wildman–Crippen MR) is 74.3 cm³/mol. The van der Waals surface area contributed by atoms with E-state index in [9.17, 15) is 4.79 Å². The van der Waals surface area contributed by atoms with Crippen molar-refractivity contribution in [3.63, 3.8) is 0 Å². The van der Waals surface area contributed by atoms with Gasteiger partial charge in [-0.25, -0.2) is 4.57 Å². The number of aryl methyl sites for hydroxylation is 3. The average molecular weight is 256 g/mol. The normalized spacial score (nSPS) is 9.95. The number of amides is 1. The minimum absolute atomic E-state index is 0.633. The van der Waals surface area contributed by atoms with Crippen LogP contribution in [0.3, 0.4) is 0 Å². The third-order valence-electron chi connectivity index (χ3n) is 2.97. The number of anilines is 1. The lowest BCUT2D eigenvalue weighted by Gasteiger charge is -2.10. The molecule has 1 aromatic heterocycles. The third kappa shape index (κ3) is 3.81. The van der Waals surface area contributed by atoms with Crippen LogP contribution < -0.4 is 15.4 Å². The SMILES string of the molecule is C[n+]1cccc(CCc2ccccc2NNC=O)c1. The van der Waals surface area contributed by atoms with Crippen LogP contribution in [0.1, 0.15) is 11.1 Å². The molecule has 0 bridgehead atoms. The zero-order valence-electron chi connectivity index (χ0n) is 11.0. The molecule has 0 saturated heterocycles. The summed E-state index contributed by atoms with van der Waals surface area (Å²) in [6.45, 7) is 0. The molecule has 98 valence electrons. The van der Waals surface area contributed by atoms with E-state index in [2.05, 4.69) is 29.2 Å². The number of hydrogen-bond donors (Lipinski definition) is 2. The topological polar surface area (TPSA) is 45.0 Å². The van der Waals surface area contributed by atoms with Gasteiger partial charge >= 0.3 is 0 Å². The van der Waals surface area contributed by atoms with Crippen molar-refractivity contribution >= 4 is 12.1 Å². The largest absolute Gasteiger partial charge is 0.299 e. The molecule has 0 saturated carbocycles. The maximum atomic E-state index is 10.3. The molecule has 2 aromatic rings. The van der Waals surface area contributed by atoms with Crippen molar-refractivity contribution in [3.8, 4) is 0 Å². The number of nitrogens with one attached hydrogen (secondary N) is 2. The minimum atomic E-state index is 0.633. The van der Waals surface area contributed by atoms with Gasteiger partial charge in [-0.05, 0) is 30.5 Å². The fraction of sp³-hybridized carbons (Fsp3) is 0.200. The molecular formula is C15H18N3O+. The summed E-state index contributed by atoms with van der Waals surface area (Å²) in [6.07, 6.45) is 6.67. The van der Waals surface area contributed by atoms with Gasteiger partial charge in [0, 0.05) is 11.6 Å². The van der Waals surface area contributed by atoms with E-state index in [1.807, 2.05) is 42.1 Å². The summed E-state index contributed by atoms with van der Waals surface area (Å²) in [4.78, 5) is 10.3. The van der Waals surface area contributed by atoms with E-state index >= 15 is 0 Å². The van der Waals surface area contributed by atoms with Crippen molar-refractivity contribution in [2.24, 2.45) is 7.05 Å². The Morgan fingerprint density at radius 1 is 1.16 bits per heavy atom. The van der Waals surface area contributed by atoms with E-state index in [1.165, 1.54) is 11.1 Å². The van der Waals surface area contributed by atoms with Gasteiger partial charge in [0.1, 0.15) is 7.05 Å². The van der Waals surface area contributed by atoms with Crippen molar-refractivity contribution < 1.29 is 9.36 Å². The second kappa shape index (κ2) is 6.54. The van der Waals surface area contributed by atoms with Crippen molar-refractivity contribution in [1.29, 1.82) is 0 Å². The Morgan fingerprint density at radius 2 is 2.00 bits per heavy atom. The van der Waals surface area contributed by atoms with Crippen LogP contribution in [0.5, 0.6) is 0 Å². The first-order valence-corrected chi connectivity index (χ1v) is 6.27. The molecule has 19 heavy (non-hydrogen) atoms. The molecule has 1 heterocycles. The molecule has 1 aromatic carbocycles. The summed E-state index contributed by atoms with van der Waals surface area (Å²) < 4.78 is 2.05. The number of rotatable bonds is 6. The lowest BCUT2D eigenvalue weighted by Crippen LogP contribution is -2.27. The number of para-hydroxylation sites is 1. The summed E-state index contributed by atoms with van der Waals surface area (Å²) >= 11 is 0. The zero-order valence-corrected chi connectivity index (χ0v) is 11.0. The number of pyridine rings is 1. The maximum absolute atomic E-state index is 10.3. The molecule has 0 fully saturated rings. The van der Waals surface area contributed by atoms with E-state index < -0.39 is 0 Å². The lowest BCUT2D eigenvalue weighted by atomic mass is 10.0. The Balaban J connectivity index is 2.04. The van der Waals surface area contributed by atoms with Gasteiger partial charge in [0.2, 0.25) is 6.41 Å². The van der Waals surface area contributed by atoms with Crippen LogP contribution in [0.2, 0.25) is 0 Å². The monoisotopic (exact) mass is 256 g/mol. The van der Waals surface area contributed by atoms with Gasteiger partial charge in [-0.1, -0.05) is 18.2 Å². The van der Waals surface area contributed by atoms with Crippen LogP contribution in [-0.4, -0.2) is 6.41 Å². The van der Waals surface area contributed by atoms with Gasteiger partial charge in [-0.2, -0.15) is 0 Å². The van der Waals surface area contributed by atoms with Crippen molar-refractivity contribution in [1.82, 2.24) is 5.43 Å². The number of benzene rings is 1.